The molecule has 2 aromatic carbocycles. The quantitative estimate of drug-likeness (QED) is 0.773. The van der Waals surface area contributed by atoms with Crippen LogP contribution in [0.15, 0.2) is 48.5 Å². The summed E-state index contributed by atoms with van der Waals surface area (Å²) in [6, 6.07) is 15.4. The van der Waals surface area contributed by atoms with Gasteiger partial charge in [0.05, 0.1) is 20.1 Å². The van der Waals surface area contributed by atoms with E-state index in [2.05, 4.69) is 10.6 Å². The molecule has 0 heterocycles. The van der Waals surface area contributed by atoms with Crippen molar-refractivity contribution >= 4 is 11.8 Å². The number of carbonyl (C=O) groups excluding carboxylic acids is 2. The molecule has 0 fully saturated rings. The summed E-state index contributed by atoms with van der Waals surface area (Å²) in [4.78, 5) is 23.8. The second-order valence-electron chi connectivity index (χ2n) is 5.79. The number of ether oxygens (including phenoxy) is 1. The number of carbonyl (C=O) groups is 2. The average Bonchev–Trinajstić information content (AvgIpc) is 2.62. The highest BCUT2D eigenvalue weighted by Gasteiger charge is 2.08. The molecule has 5 nitrogen and oxygen atoms in total. The molecule has 132 valence electrons. The van der Waals surface area contributed by atoms with E-state index in [1.54, 1.807) is 7.11 Å². The van der Waals surface area contributed by atoms with Gasteiger partial charge in [-0.15, -0.1) is 0 Å². The Morgan fingerprint density at radius 2 is 1.60 bits per heavy atom. The van der Waals surface area contributed by atoms with E-state index in [9.17, 15) is 9.59 Å². The fourth-order valence-electron chi connectivity index (χ4n) is 2.53. The van der Waals surface area contributed by atoms with Crippen molar-refractivity contribution in [2.24, 2.45) is 0 Å². The number of rotatable bonds is 8. The zero-order valence-corrected chi connectivity index (χ0v) is 14.7. The third-order valence-electron chi connectivity index (χ3n) is 3.97. The molecule has 0 aliphatic carbocycles. The first-order valence-electron chi connectivity index (χ1n) is 8.30. The van der Waals surface area contributed by atoms with Gasteiger partial charge in [-0.25, -0.2) is 0 Å². The molecule has 0 saturated carbocycles. The topological polar surface area (TPSA) is 67.4 Å². The molecule has 25 heavy (non-hydrogen) atoms. The lowest BCUT2D eigenvalue weighted by Gasteiger charge is -2.10. The maximum absolute atomic E-state index is 11.9. The number of hydrogen-bond donors (Lipinski definition) is 2. The second-order valence-corrected chi connectivity index (χ2v) is 5.79. The third-order valence-corrected chi connectivity index (χ3v) is 3.97. The summed E-state index contributed by atoms with van der Waals surface area (Å²) < 4.78 is 5.28. The van der Waals surface area contributed by atoms with Gasteiger partial charge in [0, 0.05) is 6.54 Å². The lowest BCUT2D eigenvalue weighted by Crippen LogP contribution is -2.38. The zero-order valence-electron chi connectivity index (χ0n) is 14.7. The van der Waals surface area contributed by atoms with Crippen LogP contribution in [0, 0.1) is 6.92 Å². The Labute approximate surface area is 148 Å². The van der Waals surface area contributed by atoms with Crippen molar-refractivity contribution in [1.82, 2.24) is 10.6 Å². The fourth-order valence-corrected chi connectivity index (χ4v) is 2.53. The lowest BCUT2D eigenvalue weighted by atomic mass is 10.1. The number of hydrogen-bond acceptors (Lipinski definition) is 3. The summed E-state index contributed by atoms with van der Waals surface area (Å²) in [5.41, 5.74) is 3.07. The smallest absolute Gasteiger partial charge is 0.239 e. The van der Waals surface area contributed by atoms with Gasteiger partial charge in [0.2, 0.25) is 11.8 Å². The SMILES string of the molecule is COc1ccccc1CCNC(=O)CNC(=O)Cc1ccccc1C. The predicted molar refractivity (Wildman–Crippen MR) is 97.6 cm³/mol. The van der Waals surface area contributed by atoms with Crippen LogP contribution in [-0.4, -0.2) is 32.0 Å². The highest BCUT2D eigenvalue weighted by atomic mass is 16.5. The number of methoxy groups -OCH3 is 1. The average molecular weight is 340 g/mol. The molecule has 2 rings (SSSR count). The van der Waals surface area contributed by atoms with E-state index in [1.807, 2.05) is 55.5 Å². The summed E-state index contributed by atoms with van der Waals surface area (Å²) in [5, 5.41) is 5.46. The maximum Gasteiger partial charge on any atom is 0.239 e. The Kier molecular flexibility index (Phi) is 7.01. The van der Waals surface area contributed by atoms with Crippen LogP contribution in [0.4, 0.5) is 0 Å². The number of benzene rings is 2. The number of nitrogens with one attached hydrogen (secondary N) is 2. The van der Waals surface area contributed by atoms with Crippen molar-refractivity contribution in [3.8, 4) is 5.75 Å². The van der Waals surface area contributed by atoms with Crippen LogP contribution in [0.2, 0.25) is 0 Å². The highest BCUT2D eigenvalue weighted by Crippen LogP contribution is 2.17. The van der Waals surface area contributed by atoms with E-state index in [1.165, 1.54) is 0 Å². The Bertz CT molecular complexity index is 728. The molecule has 2 amide bonds. The normalized spacial score (nSPS) is 10.2. The molecule has 0 atom stereocenters. The third kappa shape index (κ3) is 5.95. The maximum atomic E-state index is 11.9. The predicted octanol–water partition coefficient (Wildman–Crippen LogP) is 2.02. The van der Waals surface area contributed by atoms with Gasteiger partial charge in [-0.3, -0.25) is 9.59 Å². The van der Waals surface area contributed by atoms with Gasteiger partial charge in [0.25, 0.3) is 0 Å². The van der Waals surface area contributed by atoms with Crippen LogP contribution in [0.3, 0.4) is 0 Å². The molecular formula is C20H24N2O3. The van der Waals surface area contributed by atoms with Gasteiger partial charge in [0.15, 0.2) is 0 Å². The van der Waals surface area contributed by atoms with Gasteiger partial charge < -0.3 is 15.4 Å². The molecule has 0 aliphatic rings. The first kappa shape index (κ1) is 18.5. The van der Waals surface area contributed by atoms with E-state index in [0.717, 1.165) is 22.4 Å². The van der Waals surface area contributed by atoms with Gasteiger partial charge in [-0.05, 0) is 36.1 Å². The van der Waals surface area contributed by atoms with E-state index < -0.39 is 0 Å². The summed E-state index contributed by atoms with van der Waals surface area (Å²) in [6.45, 7) is 2.44. The molecule has 0 aromatic heterocycles. The summed E-state index contributed by atoms with van der Waals surface area (Å²) in [7, 11) is 1.63. The summed E-state index contributed by atoms with van der Waals surface area (Å²) in [6.07, 6.45) is 0.952. The number of aryl methyl sites for hydroxylation is 1. The van der Waals surface area contributed by atoms with Crippen molar-refractivity contribution in [3.63, 3.8) is 0 Å². The number of para-hydroxylation sites is 1. The van der Waals surface area contributed by atoms with Crippen molar-refractivity contribution < 1.29 is 14.3 Å². The molecule has 0 unspecified atom stereocenters. The van der Waals surface area contributed by atoms with Gasteiger partial charge in [0.1, 0.15) is 5.75 Å². The van der Waals surface area contributed by atoms with Gasteiger partial charge >= 0.3 is 0 Å². The minimum atomic E-state index is -0.201. The minimum Gasteiger partial charge on any atom is -0.496 e. The molecule has 0 aliphatic heterocycles. The Balaban J connectivity index is 1.70. The largest absolute Gasteiger partial charge is 0.496 e. The Morgan fingerprint density at radius 3 is 2.32 bits per heavy atom. The van der Waals surface area contributed by atoms with Gasteiger partial charge in [-0.2, -0.15) is 0 Å². The first-order chi connectivity index (χ1) is 12.1. The van der Waals surface area contributed by atoms with Crippen molar-refractivity contribution in [1.29, 1.82) is 0 Å². The second kappa shape index (κ2) is 9.47. The molecule has 5 heteroatoms. The van der Waals surface area contributed by atoms with Crippen LogP contribution in [0.5, 0.6) is 5.75 Å². The molecular weight excluding hydrogens is 316 g/mol. The Morgan fingerprint density at radius 1 is 0.920 bits per heavy atom. The van der Waals surface area contributed by atoms with E-state index in [4.69, 9.17) is 4.74 Å². The molecule has 2 aromatic rings. The Hall–Kier alpha value is -2.82. The van der Waals surface area contributed by atoms with Crippen LogP contribution in [0.1, 0.15) is 16.7 Å². The molecule has 0 saturated heterocycles. The van der Waals surface area contributed by atoms with Crippen molar-refractivity contribution in [2.75, 3.05) is 20.2 Å². The summed E-state index contributed by atoms with van der Waals surface area (Å²) in [5.74, 6) is 0.450. The first-order valence-corrected chi connectivity index (χ1v) is 8.30. The van der Waals surface area contributed by atoms with Crippen molar-refractivity contribution in [2.45, 2.75) is 19.8 Å². The van der Waals surface area contributed by atoms with Gasteiger partial charge in [-0.1, -0.05) is 42.5 Å². The van der Waals surface area contributed by atoms with Crippen molar-refractivity contribution in [3.05, 3.63) is 65.2 Å². The van der Waals surface area contributed by atoms with E-state index >= 15 is 0 Å². The lowest BCUT2D eigenvalue weighted by molar-refractivity contribution is -0.125. The molecule has 0 spiro atoms. The van der Waals surface area contributed by atoms with E-state index in [0.29, 0.717) is 13.0 Å². The minimum absolute atomic E-state index is 0.0172. The van der Waals surface area contributed by atoms with Crippen LogP contribution in [0.25, 0.3) is 0 Å². The van der Waals surface area contributed by atoms with Crippen LogP contribution < -0.4 is 15.4 Å². The van der Waals surface area contributed by atoms with Crippen LogP contribution in [-0.2, 0) is 22.4 Å². The zero-order chi connectivity index (χ0) is 18.1. The summed E-state index contributed by atoms with van der Waals surface area (Å²) >= 11 is 0. The number of amides is 2. The fraction of sp³-hybridized carbons (Fsp3) is 0.300. The van der Waals surface area contributed by atoms with Crippen LogP contribution >= 0.6 is 0 Å². The monoisotopic (exact) mass is 340 g/mol. The molecule has 0 radical (unpaired) electrons. The molecule has 0 bridgehead atoms. The highest BCUT2D eigenvalue weighted by molar-refractivity contribution is 5.85. The standard InChI is InChI=1S/C20H24N2O3/c1-15-7-3-4-9-17(15)13-19(23)22-14-20(24)21-12-11-16-8-5-6-10-18(16)25-2/h3-10H,11-14H2,1-2H3,(H,21,24)(H,22,23). The molecule has 2 N–H and O–H groups in total. The van der Waals surface area contributed by atoms with E-state index in [-0.39, 0.29) is 24.8 Å².